The summed E-state index contributed by atoms with van der Waals surface area (Å²) in [6, 6.07) is 36.0. The van der Waals surface area contributed by atoms with E-state index in [1.54, 1.807) is 0 Å². The first-order valence-corrected chi connectivity index (χ1v) is 22.8. The van der Waals surface area contributed by atoms with Gasteiger partial charge in [-0.2, -0.15) is 0 Å². The van der Waals surface area contributed by atoms with Crippen molar-refractivity contribution in [1.29, 1.82) is 0 Å². The van der Waals surface area contributed by atoms with Gasteiger partial charge in [-0.05, 0) is 65.5 Å². The molecule has 6 aromatic carbocycles. The SMILES string of the molecule is CCCCCCCCOc1ccc(BNc2cccc3ccc(C4=C(O)/C(=c5\ccc6cccc7c6c5=NB(c5ccc(OCCCCCCCC)cc5)N7)C4=O)c(N)c23)cc1. The quantitative estimate of drug-likeness (QED) is 0.0325. The Bertz CT molecular complexity index is 2700. The number of hydrogen-bond donors (Lipinski definition) is 4. The van der Waals surface area contributed by atoms with E-state index in [0.717, 1.165) is 74.8 Å². The molecule has 0 fully saturated rings. The van der Waals surface area contributed by atoms with E-state index in [-0.39, 0.29) is 22.7 Å². The number of carbonyl (C=O) groups is 1. The van der Waals surface area contributed by atoms with E-state index in [0.29, 0.717) is 35.8 Å². The molecular weight excluding hydrogens is 766 g/mol. The van der Waals surface area contributed by atoms with E-state index in [1.165, 1.54) is 64.2 Å². The number of ketones is 1. The Labute approximate surface area is 366 Å². The number of unbranched alkanes of at least 4 members (excludes halogenated alkanes) is 10. The minimum Gasteiger partial charge on any atom is -0.506 e. The summed E-state index contributed by atoms with van der Waals surface area (Å²) in [7, 11) is 0.578. The minimum atomic E-state index is -0.397. The standard InChI is InChI=1S/C52H58B2N4O4/c1-3-5-7-9-11-13-33-61-39-27-23-37(24-28-39)53-56-43-19-15-17-35-21-31-41(49(55)45(35)43)47-51(59)48(52(47)60)42-32-22-36-18-16-20-44-46(36)50(42)58-54(57-44)38-25-29-40(30-26-38)62-34-14-12-10-8-6-4-2/h15-32,53,56-57,59H,3-14,33-34,55H2,1-2H3/b48-42-. The molecule has 0 bridgehead atoms. The van der Waals surface area contributed by atoms with Crippen molar-refractivity contribution in [2.24, 2.45) is 4.90 Å². The van der Waals surface area contributed by atoms with Crippen LogP contribution in [0.25, 0.3) is 32.7 Å². The van der Waals surface area contributed by atoms with Gasteiger partial charge in [-0.15, -0.1) is 0 Å². The van der Waals surface area contributed by atoms with Crippen LogP contribution in [0.5, 0.6) is 11.5 Å². The van der Waals surface area contributed by atoms with Gasteiger partial charge in [0, 0.05) is 38.6 Å². The molecule has 0 saturated heterocycles. The van der Waals surface area contributed by atoms with E-state index >= 15 is 0 Å². The van der Waals surface area contributed by atoms with Crippen LogP contribution in [0, 0.1) is 0 Å². The number of Topliss-reactive ketones (excluding diaryl/α,β-unsaturated/α-hetero) is 1. The van der Waals surface area contributed by atoms with Gasteiger partial charge in [-0.1, -0.05) is 156 Å². The van der Waals surface area contributed by atoms with Crippen molar-refractivity contribution in [1.82, 2.24) is 0 Å². The number of nitrogens with one attached hydrogen (secondary N) is 2. The first-order valence-electron chi connectivity index (χ1n) is 22.8. The first kappa shape index (κ1) is 42.5. The molecule has 1 aliphatic heterocycles. The number of nitrogen functional groups attached to an aromatic ring is 1. The zero-order valence-electron chi connectivity index (χ0n) is 36.3. The zero-order valence-corrected chi connectivity index (χ0v) is 36.3. The highest BCUT2D eigenvalue weighted by molar-refractivity contribution is 6.75. The predicted molar refractivity (Wildman–Crippen MR) is 261 cm³/mol. The summed E-state index contributed by atoms with van der Waals surface area (Å²) in [5, 5.41) is 23.9. The molecular formula is C52H58B2N4O4. The highest BCUT2D eigenvalue weighted by Gasteiger charge is 2.37. The molecule has 62 heavy (non-hydrogen) atoms. The molecule has 10 heteroatoms. The van der Waals surface area contributed by atoms with Crippen molar-refractivity contribution < 1.29 is 19.4 Å². The van der Waals surface area contributed by atoms with Gasteiger partial charge in [0.2, 0.25) is 5.78 Å². The molecule has 5 N–H and O–H groups in total. The molecule has 6 aromatic rings. The number of aliphatic hydroxyl groups is 1. The van der Waals surface area contributed by atoms with Crippen LogP contribution in [0.1, 0.15) is 96.5 Å². The molecule has 0 unspecified atom stereocenters. The Morgan fingerprint density at radius 2 is 1.27 bits per heavy atom. The maximum atomic E-state index is 14.3. The maximum absolute atomic E-state index is 14.3. The molecule has 0 spiro atoms. The normalized spacial score (nSPS) is 14.1. The fraction of sp³-hybridized carbons (Fsp3) is 0.308. The van der Waals surface area contributed by atoms with Crippen molar-refractivity contribution in [3.63, 3.8) is 0 Å². The van der Waals surface area contributed by atoms with Crippen molar-refractivity contribution in [2.75, 3.05) is 29.4 Å². The van der Waals surface area contributed by atoms with Crippen LogP contribution < -0.4 is 47.2 Å². The number of fused-ring (bicyclic) bond motifs is 1. The average molecular weight is 825 g/mol. The lowest BCUT2D eigenvalue weighted by atomic mass is 9.67. The highest BCUT2D eigenvalue weighted by Crippen LogP contribution is 2.42. The molecule has 1 aliphatic carbocycles. The van der Waals surface area contributed by atoms with Gasteiger partial charge in [0.05, 0.1) is 29.7 Å². The van der Waals surface area contributed by atoms with Crippen LogP contribution in [0.3, 0.4) is 0 Å². The number of benzene rings is 6. The molecule has 0 radical (unpaired) electrons. The van der Waals surface area contributed by atoms with Gasteiger partial charge in [-0.3, -0.25) is 4.79 Å². The number of nitrogens with zero attached hydrogens (tertiary/aromatic N) is 1. The van der Waals surface area contributed by atoms with E-state index in [2.05, 4.69) is 36.4 Å². The van der Waals surface area contributed by atoms with Crippen LogP contribution in [-0.2, 0) is 4.79 Å². The molecule has 0 saturated carbocycles. The summed E-state index contributed by atoms with van der Waals surface area (Å²) in [5.74, 6) is 1.38. The number of aliphatic hydroxyl groups excluding tert-OH is 1. The average Bonchev–Trinajstić information content (AvgIpc) is 3.30. The summed E-state index contributed by atoms with van der Waals surface area (Å²) < 4.78 is 12.0. The molecule has 2 aliphatic rings. The molecule has 8 rings (SSSR count). The molecule has 8 nitrogen and oxygen atoms in total. The van der Waals surface area contributed by atoms with E-state index in [4.69, 9.17) is 20.1 Å². The highest BCUT2D eigenvalue weighted by atomic mass is 16.5. The van der Waals surface area contributed by atoms with Crippen molar-refractivity contribution >= 4 is 80.9 Å². The Morgan fingerprint density at radius 1 is 0.677 bits per heavy atom. The summed E-state index contributed by atoms with van der Waals surface area (Å²) in [6.45, 7) is 5.52. The van der Waals surface area contributed by atoms with Gasteiger partial charge in [0.1, 0.15) is 17.3 Å². The number of allylic oxidation sites excluding steroid dienone is 2. The Kier molecular flexibility index (Phi) is 13.8. The third-order valence-electron chi connectivity index (χ3n) is 12.3. The number of hydrogen-bond acceptors (Lipinski definition) is 8. The number of rotatable bonds is 21. The van der Waals surface area contributed by atoms with Crippen LogP contribution in [0.15, 0.2) is 120 Å². The van der Waals surface area contributed by atoms with E-state index in [9.17, 15) is 9.90 Å². The maximum Gasteiger partial charge on any atom is 0.427 e. The second-order valence-corrected chi connectivity index (χ2v) is 16.7. The Morgan fingerprint density at radius 3 is 1.94 bits per heavy atom. The lowest BCUT2D eigenvalue weighted by Gasteiger charge is -2.25. The van der Waals surface area contributed by atoms with Gasteiger partial charge < -0.3 is 35.7 Å². The zero-order chi connectivity index (χ0) is 42.8. The first-order chi connectivity index (χ1) is 30.4. The van der Waals surface area contributed by atoms with Gasteiger partial charge in [0.25, 0.3) is 7.41 Å². The largest absolute Gasteiger partial charge is 0.506 e. The van der Waals surface area contributed by atoms with Crippen molar-refractivity contribution in [2.45, 2.75) is 90.9 Å². The Balaban J connectivity index is 1.02. The van der Waals surface area contributed by atoms with Crippen molar-refractivity contribution in [3.05, 3.63) is 131 Å². The van der Waals surface area contributed by atoms with E-state index in [1.807, 2.05) is 97.1 Å². The second kappa shape index (κ2) is 20.1. The molecule has 0 amide bonds. The predicted octanol–water partition coefficient (Wildman–Crippen LogP) is 9.29. The second-order valence-electron chi connectivity index (χ2n) is 16.7. The number of carbonyl (C=O) groups excluding carboxylic acids is 1. The van der Waals surface area contributed by atoms with Crippen LogP contribution in [-0.4, -0.2) is 38.5 Å². The lowest BCUT2D eigenvalue weighted by Crippen LogP contribution is -2.46. The molecule has 1 heterocycles. The minimum absolute atomic E-state index is 0.0736. The summed E-state index contributed by atoms with van der Waals surface area (Å²) in [5.41, 5.74) is 12.2. The summed E-state index contributed by atoms with van der Waals surface area (Å²) in [6.07, 6.45) is 14.7. The van der Waals surface area contributed by atoms with Crippen molar-refractivity contribution in [3.8, 4) is 11.5 Å². The van der Waals surface area contributed by atoms with Gasteiger partial charge in [-0.25, -0.2) is 0 Å². The summed E-state index contributed by atoms with van der Waals surface area (Å²) >= 11 is 0. The smallest absolute Gasteiger partial charge is 0.427 e. The molecule has 0 aromatic heterocycles. The fourth-order valence-electron chi connectivity index (χ4n) is 8.75. The number of ether oxygens (including phenoxy) is 2. The summed E-state index contributed by atoms with van der Waals surface area (Å²) in [4.78, 5) is 19.5. The fourth-order valence-corrected chi connectivity index (χ4v) is 8.75. The van der Waals surface area contributed by atoms with Gasteiger partial charge in [0.15, 0.2) is 0 Å². The van der Waals surface area contributed by atoms with Crippen LogP contribution in [0.2, 0.25) is 0 Å². The van der Waals surface area contributed by atoms with E-state index < -0.39 is 6.98 Å². The third kappa shape index (κ3) is 9.35. The van der Waals surface area contributed by atoms with Crippen LogP contribution in [0.4, 0.5) is 17.1 Å². The lowest BCUT2D eigenvalue weighted by molar-refractivity contribution is -0.109. The van der Waals surface area contributed by atoms with Crippen LogP contribution >= 0.6 is 0 Å². The monoisotopic (exact) mass is 824 g/mol. The van der Waals surface area contributed by atoms with Gasteiger partial charge >= 0.3 is 6.98 Å². The number of anilines is 3. The Hall–Kier alpha value is -6.15. The topological polar surface area (TPSA) is 118 Å². The third-order valence-corrected chi connectivity index (χ3v) is 12.3. The number of nitrogens with two attached hydrogens (primary N) is 1. The molecule has 0 atom stereocenters. The molecule has 316 valence electrons.